The summed E-state index contributed by atoms with van der Waals surface area (Å²) >= 11 is 0. The van der Waals surface area contributed by atoms with Gasteiger partial charge in [-0.25, -0.2) is 0 Å². The van der Waals surface area contributed by atoms with E-state index in [9.17, 15) is 0 Å². The van der Waals surface area contributed by atoms with Crippen molar-refractivity contribution in [1.82, 2.24) is 5.32 Å². The minimum atomic E-state index is 0.466. The lowest BCUT2D eigenvalue weighted by Crippen LogP contribution is -2.30. The van der Waals surface area contributed by atoms with Gasteiger partial charge in [0.25, 0.3) is 0 Å². The highest BCUT2D eigenvalue weighted by Crippen LogP contribution is 2.37. The van der Waals surface area contributed by atoms with Gasteiger partial charge in [0.2, 0.25) is 0 Å². The van der Waals surface area contributed by atoms with Crippen LogP contribution >= 0.6 is 0 Å². The summed E-state index contributed by atoms with van der Waals surface area (Å²) in [6.07, 6.45) is 3.98. The van der Waals surface area contributed by atoms with Gasteiger partial charge in [-0.2, -0.15) is 0 Å². The Kier molecular flexibility index (Phi) is 3.58. The van der Waals surface area contributed by atoms with Crippen molar-refractivity contribution >= 4 is 0 Å². The van der Waals surface area contributed by atoms with Gasteiger partial charge in [-0.05, 0) is 44.1 Å². The van der Waals surface area contributed by atoms with Gasteiger partial charge in [-0.3, -0.25) is 0 Å². The fraction of sp³-hybridized carbons (Fsp3) is 0.625. The average molecular weight is 231 g/mol. The van der Waals surface area contributed by atoms with Crippen molar-refractivity contribution in [3.8, 4) is 0 Å². The Morgan fingerprint density at radius 1 is 1.35 bits per heavy atom. The summed E-state index contributed by atoms with van der Waals surface area (Å²) in [5.74, 6) is 0. The molecule has 1 aromatic rings. The average Bonchev–Trinajstić information content (AvgIpc) is 2.58. The lowest BCUT2D eigenvalue weighted by Gasteiger charge is -2.22. The second kappa shape index (κ2) is 4.81. The molecule has 94 valence electrons. The van der Waals surface area contributed by atoms with Gasteiger partial charge in [0.15, 0.2) is 0 Å². The SMILES string of the molecule is Cc1cccc([C@H](C)NC2CCC(C)(C)C2)c1. The second-order valence-electron chi connectivity index (χ2n) is 6.41. The normalized spacial score (nSPS) is 24.8. The highest BCUT2D eigenvalue weighted by atomic mass is 15.0. The van der Waals surface area contributed by atoms with Crippen molar-refractivity contribution in [1.29, 1.82) is 0 Å². The summed E-state index contributed by atoms with van der Waals surface area (Å²) in [5, 5.41) is 3.78. The van der Waals surface area contributed by atoms with Crippen molar-refractivity contribution < 1.29 is 0 Å². The van der Waals surface area contributed by atoms with Crippen molar-refractivity contribution in [3.63, 3.8) is 0 Å². The first-order valence-corrected chi connectivity index (χ1v) is 6.79. The molecule has 0 radical (unpaired) electrons. The van der Waals surface area contributed by atoms with Gasteiger partial charge in [0, 0.05) is 12.1 Å². The molecule has 1 aliphatic carbocycles. The maximum Gasteiger partial charge on any atom is 0.0294 e. The molecule has 1 aromatic carbocycles. The molecule has 1 saturated carbocycles. The fourth-order valence-corrected chi connectivity index (χ4v) is 2.97. The third-order valence-corrected chi connectivity index (χ3v) is 4.00. The molecule has 17 heavy (non-hydrogen) atoms. The van der Waals surface area contributed by atoms with Crippen molar-refractivity contribution in [2.75, 3.05) is 0 Å². The Morgan fingerprint density at radius 2 is 2.12 bits per heavy atom. The molecule has 0 aliphatic heterocycles. The molecule has 0 heterocycles. The van der Waals surface area contributed by atoms with E-state index in [2.05, 4.69) is 57.3 Å². The van der Waals surface area contributed by atoms with Crippen LogP contribution in [0, 0.1) is 12.3 Å². The topological polar surface area (TPSA) is 12.0 Å². The fourth-order valence-electron chi connectivity index (χ4n) is 2.97. The van der Waals surface area contributed by atoms with Gasteiger partial charge in [-0.1, -0.05) is 43.7 Å². The molecule has 0 bridgehead atoms. The van der Waals surface area contributed by atoms with E-state index in [0.717, 1.165) is 0 Å². The minimum absolute atomic E-state index is 0.466. The van der Waals surface area contributed by atoms with Crippen LogP contribution in [0.25, 0.3) is 0 Å². The predicted octanol–water partition coefficient (Wildman–Crippen LogP) is 4.22. The molecule has 1 nitrogen and oxygen atoms in total. The van der Waals surface area contributed by atoms with Gasteiger partial charge in [-0.15, -0.1) is 0 Å². The number of benzene rings is 1. The zero-order valence-corrected chi connectivity index (χ0v) is 11.6. The van der Waals surface area contributed by atoms with Crippen LogP contribution in [0.15, 0.2) is 24.3 Å². The minimum Gasteiger partial charge on any atom is -0.307 e. The lowest BCUT2D eigenvalue weighted by atomic mass is 9.91. The summed E-state index contributed by atoms with van der Waals surface area (Å²) in [5.41, 5.74) is 3.29. The van der Waals surface area contributed by atoms with Crippen LogP contribution in [-0.2, 0) is 0 Å². The first kappa shape index (κ1) is 12.6. The molecule has 0 saturated heterocycles. The smallest absolute Gasteiger partial charge is 0.0294 e. The van der Waals surface area contributed by atoms with E-state index < -0.39 is 0 Å². The molecule has 0 aromatic heterocycles. The van der Waals surface area contributed by atoms with Crippen LogP contribution < -0.4 is 5.32 Å². The third kappa shape index (κ3) is 3.32. The van der Waals surface area contributed by atoms with Crippen molar-refractivity contribution in [2.24, 2.45) is 5.41 Å². The summed E-state index contributed by atoms with van der Waals surface area (Å²) < 4.78 is 0. The van der Waals surface area contributed by atoms with Crippen LogP contribution in [0.1, 0.15) is 57.2 Å². The Hall–Kier alpha value is -0.820. The van der Waals surface area contributed by atoms with Crippen molar-refractivity contribution in [2.45, 2.75) is 59.0 Å². The quantitative estimate of drug-likeness (QED) is 0.821. The molecule has 2 rings (SSSR count). The van der Waals surface area contributed by atoms with Crippen LogP contribution in [0.3, 0.4) is 0 Å². The Morgan fingerprint density at radius 3 is 2.71 bits per heavy atom. The van der Waals surface area contributed by atoms with Gasteiger partial charge in [0.05, 0.1) is 0 Å². The maximum absolute atomic E-state index is 3.78. The van der Waals surface area contributed by atoms with Gasteiger partial charge in [0.1, 0.15) is 0 Å². The standard InChI is InChI=1S/C16H25N/c1-12-6-5-7-14(10-12)13(2)17-15-8-9-16(3,4)11-15/h5-7,10,13,15,17H,8-9,11H2,1-4H3/t13-,15?/m0/s1. The molecule has 1 N–H and O–H groups in total. The number of nitrogens with one attached hydrogen (secondary N) is 1. The first-order chi connectivity index (χ1) is 7.96. The van der Waals surface area contributed by atoms with E-state index in [-0.39, 0.29) is 0 Å². The van der Waals surface area contributed by atoms with Crippen LogP contribution in [0.4, 0.5) is 0 Å². The van der Waals surface area contributed by atoms with Crippen LogP contribution in [0.5, 0.6) is 0 Å². The monoisotopic (exact) mass is 231 g/mol. The first-order valence-electron chi connectivity index (χ1n) is 6.79. The van der Waals surface area contributed by atoms with Gasteiger partial charge >= 0.3 is 0 Å². The van der Waals surface area contributed by atoms with E-state index in [1.807, 2.05) is 0 Å². The zero-order valence-electron chi connectivity index (χ0n) is 11.6. The van der Waals surface area contributed by atoms with E-state index in [1.54, 1.807) is 0 Å². The predicted molar refractivity (Wildman–Crippen MR) is 74.1 cm³/mol. The van der Waals surface area contributed by atoms with Gasteiger partial charge < -0.3 is 5.32 Å². The summed E-state index contributed by atoms with van der Waals surface area (Å²) in [6.45, 7) is 9.20. The highest BCUT2D eigenvalue weighted by Gasteiger charge is 2.31. The maximum atomic E-state index is 3.78. The third-order valence-electron chi connectivity index (χ3n) is 4.00. The molecular formula is C16H25N. The highest BCUT2D eigenvalue weighted by molar-refractivity contribution is 5.24. The van der Waals surface area contributed by atoms with E-state index in [1.165, 1.54) is 30.4 Å². The molecule has 0 spiro atoms. The number of aryl methyl sites for hydroxylation is 1. The van der Waals surface area contributed by atoms with Crippen LogP contribution in [-0.4, -0.2) is 6.04 Å². The molecule has 0 amide bonds. The Balaban J connectivity index is 1.96. The zero-order chi connectivity index (χ0) is 12.5. The molecule has 1 unspecified atom stereocenters. The largest absolute Gasteiger partial charge is 0.307 e. The second-order valence-corrected chi connectivity index (χ2v) is 6.41. The molecular weight excluding hydrogens is 206 g/mol. The lowest BCUT2D eigenvalue weighted by molar-refractivity contribution is 0.356. The van der Waals surface area contributed by atoms with Crippen LogP contribution in [0.2, 0.25) is 0 Å². The summed E-state index contributed by atoms with van der Waals surface area (Å²) in [7, 11) is 0. The Bertz CT molecular complexity index is 381. The van der Waals surface area contributed by atoms with E-state index in [4.69, 9.17) is 0 Å². The Labute approximate surface area is 106 Å². The summed E-state index contributed by atoms with van der Waals surface area (Å²) in [4.78, 5) is 0. The molecule has 1 aliphatic rings. The summed E-state index contributed by atoms with van der Waals surface area (Å²) in [6, 6.07) is 9.99. The number of hydrogen-bond donors (Lipinski definition) is 1. The molecule has 1 heteroatoms. The number of hydrogen-bond acceptors (Lipinski definition) is 1. The van der Waals surface area contributed by atoms with E-state index in [0.29, 0.717) is 17.5 Å². The molecule has 1 fully saturated rings. The van der Waals surface area contributed by atoms with Crippen molar-refractivity contribution in [3.05, 3.63) is 35.4 Å². The number of rotatable bonds is 3. The van der Waals surface area contributed by atoms with E-state index >= 15 is 0 Å². The molecule has 2 atom stereocenters.